The van der Waals surface area contributed by atoms with Gasteiger partial charge in [-0.2, -0.15) is 0 Å². The number of carbonyl (C=O) groups excluding carboxylic acids is 1. The van der Waals surface area contributed by atoms with Gasteiger partial charge in [-0.25, -0.2) is 0 Å². The minimum absolute atomic E-state index is 0.106. The fourth-order valence-corrected chi connectivity index (χ4v) is 2.87. The molecular formula is C19H18ClNO4. The highest BCUT2D eigenvalue weighted by molar-refractivity contribution is 6.32. The van der Waals surface area contributed by atoms with Gasteiger partial charge in [-0.3, -0.25) is 4.79 Å². The molecular weight excluding hydrogens is 342 g/mol. The van der Waals surface area contributed by atoms with Crippen molar-refractivity contribution in [1.29, 1.82) is 0 Å². The molecule has 3 rings (SSSR count). The first-order valence-corrected chi connectivity index (χ1v) is 8.12. The lowest BCUT2D eigenvalue weighted by Crippen LogP contribution is -2.30. The molecule has 0 unspecified atom stereocenters. The molecule has 0 aliphatic carbocycles. The zero-order valence-electron chi connectivity index (χ0n) is 13.8. The van der Waals surface area contributed by atoms with Gasteiger partial charge >= 0.3 is 0 Å². The maximum absolute atomic E-state index is 12.9. The summed E-state index contributed by atoms with van der Waals surface area (Å²) in [5, 5.41) is 0.362. The Morgan fingerprint density at radius 1 is 1.32 bits per heavy atom. The standard InChI is InChI=1S/C19H18ClNO4/c1-3-8-21(11-13-4-6-15(23-2)7-5-13)19(22)14-9-16(20)18-17(10-14)24-12-25-18/h3-7,9-10H,1,8,11-12H2,2H3. The molecule has 1 heterocycles. The van der Waals surface area contributed by atoms with Crippen molar-refractivity contribution in [3.63, 3.8) is 0 Å². The number of amides is 1. The van der Waals surface area contributed by atoms with Crippen LogP contribution in [0.1, 0.15) is 15.9 Å². The molecule has 0 radical (unpaired) electrons. The first-order chi connectivity index (χ1) is 12.1. The fourth-order valence-electron chi connectivity index (χ4n) is 2.60. The lowest BCUT2D eigenvalue weighted by molar-refractivity contribution is 0.0762. The van der Waals surface area contributed by atoms with E-state index in [0.717, 1.165) is 11.3 Å². The molecule has 0 saturated heterocycles. The summed E-state index contributed by atoms with van der Waals surface area (Å²) in [6, 6.07) is 10.8. The average Bonchev–Trinajstić information content (AvgIpc) is 3.10. The Balaban J connectivity index is 1.83. The van der Waals surface area contributed by atoms with E-state index >= 15 is 0 Å². The van der Waals surface area contributed by atoms with Crippen LogP contribution in [0.25, 0.3) is 0 Å². The smallest absolute Gasteiger partial charge is 0.254 e. The number of hydrogen-bond acceptors (Lipinski definition) is 4. The van der Waals surface area contributed by atoms with E-state index in [-0.39, 0.29) is 12.7 Å². The molecule has 1 aliphatic heterocycles. The molecule has 0 fully saturated rings. The Morgan fingerprint density at radius 3 is 2.76 bits per heavy atom. The van der Waals surface area contributed by atoms with Crippen LogP contribution in [0.5, 0.6) is 17.2 Å². The topological polar surface area (TPSA) is 48.0 Å². The van der Waals surface area contributed by atoms with Crippen LogP contribution in [0.4, 0.5) is 0 Å². The van der Waals surface area contributed by atoms with Crippen molar-refractivity contribution in [2.75, 3.05) is 20.4 Å². The van der Waals surface area contributed by atoms with E-state index in [4.69, 9.17) is 25.8 Å². The molecule has 0 aromatic heterocycles. The van der Waals surface area contributed by atoms with Gasteiger partial charge in [0.05, 0.1) is 12.1 Å². The molecule has 25 heavy (non-hydrogen) atoms. The van der Waals surface area contributed by atoms with Crippen LogP contribution in [0.3, 0.4) is 0 Å². The first kappa shape index (κ1) is 17.2. The second-order valence-electron chi connectivity index (χ2n) is 5.51. The van der Waals surface area contributed by atoms with Crippen LogP contribution >= 0.6 is 11.6 Å². The van der Waals surface area contributed by atoms with Crippen LogP contribution in [-0.4, -0.2) is 31.3 Å². The SMILES string of the molecule is C=CCN(Cc1ccc(OC)cc1)C(=O)c1cc(Cl)c2c(c1)OCO2. The Labute approximate surface area is 151 Å². The zero-order chi connectivity index (χ0) is 17.8. The van der Waals surface area contributed by atoms with Crippen molar-refractivity contribution in [3.05, 3.63) is 65.2 Å². The van der Waals surface area contributed by atoms with Crippen LogP contribution < -0.4 is 14.2 Å². The lowest BCUT2D eigenvalue weighted by atomic mass is 10.1. The van der Waals surface area contributed by atoms with E-state index in [1.165, 1.54) is 0 Å². The molecule has 5 nitrogen and oxygen atoms in total. The Morgan fingerprint density at radius 2 is 2.08 bits per heavy atom. The minimum atomic E-state index is -0.157. The summed E-state index contributed by atoms with van der Waals surface area (Å²) >= 11 is 6.18. The van der Waals surface area contributed by atoms with Gasteiger partial charge in [0, 0.05) is 18.7 Å². The second-order valence-corrected chi connectivity index (χ2v) is 5.92. The van der Waals surface area contributed by atoms with Crippen LogP contribution in [0.2, 0.25) is 5.02 Å². The molecule has 0 saturated carbocycles. The van der Waals surface area contributed by atoms with E-state index in [2.05, 4.69) is 6.58 Å². The molecule has 2 aromatic carbocycles. The highest BCUT2D eigenvalue weighted by Crippen LogP contribution is 2.40. The number of hydrogen-bond donors (Lipinski definition) is 0. The Kier molecular flexibility index (Phi) is 5.14. The first-order valence-electron chi connectivity index (χ1n) is 7.74. The summed E-state index contributed by atoms with van der Waals surface area (Å²) in [4.78, 5) is 14.6. The highest BCUT2D eigenvalue weighted by atomic mass is 35.5. The van der Waals surface area contributed by atoms with Gasteiger partial charge < -0.3 is 19.1 Å². The van der Waals surface area contributed by atoms with E-state index in [9.17, 15) is 4.79 Å². The number of ether oxygens (including phenoxy) is 3. The van der Waals surface area contributed by atoms with Crippen molar-refractivity contribution in [2.45, 2.75) is 6.54 Å². The van der Waals surface area contributed by atoms with Crippen LogP contribution in [0, 0.1) is 0 Å². The molecule has 0 atom stereocenters. The van der Waals surface area contributed by atoms with Gasteiger partial charge in [-0.1, -0.05) is 29.8 Å². The normalized spacial score (nSPS) is 11.9. The molecule has 2 aromatic rings. The maximum Gasteiger partial charge on any atom is 0.254 e. The Hall–Kier alpha value is -2.66. The number of fused-ring (bicyclic) bond motifs is 1. The molecule has 0 spiro atoms. The van der Waals surface area contributed by atoms with E-state index in [1.807, 2.05) is 24.3 Å². The molecule has 6 heteroatoms. The van der Waals surface area contributed by atoms with Gasteiger partial charge in [0.25, 0.3) is 5.91 Å². The van der Waals surface area contributed by atoms with Crippen LogP contribution in [-0.2, 0) is 6.54 Å². The van der Waals surface area contributed by atoms with Gasteiger partial charge in [-0.05, 0) is 29.8 Å². The number of rotatable bonds is 6. The van der Waals surface area contributed by atoms with Crippen molar-refractivity contribution < 1.29 is 19.0 Å². The molecule has 1 amide bonds. The molecule has 130 valence electrons. The average molecular weight is 360 g/mol. The molecule has 0 bridgehead atoms. The number of carbonyl (C=O) groups is 1. The fraction of sp³-hybridized carbons (Fsp3) is 0.211. The summed E-state index contributed by atoms with van der Waals surface area (Å²) in [5.41, 5.74) is 1.44. The molecule has 1 aliphatic rings. The minimum Gasteiger partial charge on any atom is -0.497 e. The molecule has 0 N–H and O–H groups in total. The summed E-state index contributed by atoms with van der Waals surface area (Å²) in [5.74, 6) is 1.58. The number of halogens is 1. The number of benzene rings is 2. The van der Waals surface area contributed by atoms with Gasteiger partial charge in [-0.15, -0.1) is 6.58 Å². The van der Waals surface area contributed by atoms with Gasteiger partial charge in [0.2, 0.25) is 6.79 Å². The quantitative estimate of drug-likeness (QED) is 0.734. The third kappa shape index (κ3) is 3.72. The van der Waals surface area contributed by atoms with E-state index < -0.39 is 0 Å². The van der Waals surface area contributed by atoms with E-state index in [0.29, 0.717) is 35.2 Å². The number of nitrogens with zero attached hydrogens (tertiary/aromatic N) is 1. The summed E-state index contributed by atoms with van der Waals surface area (Å²) in [6.45, 7) is 4.70. The van der Waals surface area contributed by atoms with Crippen LogP contribution in [0.15, 0.2) is 49.1 Å². The predicted octanol–water partition coefficient (Wildman–Crippen LogP) is 3.91. The van der Waals surface area contributed by atoms with Gasteiger partial charge in [0.1, 0.15) is 5.75 Å². The third-order valence-corrected chi connectivity index (χ3v) is 4.12. The lowest BCUT2D eigenvalue weighted by Gasteiger charge is -2.22. The number of methoxy groups -OCH3 is 1. The third-order valence-electron chi connectivity index (χ3n) is 3.84. The predicted molar refractivity (Wildman–Crippen MR) is 95.5 cm³/mol. The summed E-state index contributed by atoms with van der Waals surface area (Å²) in [7, 11) is 1.62. The van der Waals surface area contributed by atoms with E-state index in [1.54, 1.807) is 30.2 Å². The van der Waals surface area contributed by atoms with Crippen molar-refractivity contribution in [2.24, 2.45) is 0 Å². The van der Waals surface area contributed by atoms with Gasteiger partial charge in [0.15, 0.2) is 11.5 Å². The van der Waals surface area contributed by atoms with Crippen molar-refractivity contribution in [1.82, 2.24) is 4.90 Å². The Bertz CT molecular complexity index is 789. The maximum atomic E-state index is 12.9. The van der Waals surface area contributed by atoms with Crippen molar-refractivity contribution in [3.8, 4) is 17.2 Å². The zero-order valence-corrected chi connectivity index (χ0v) is 14.6. The monoisotopic (exact) mass is 359 g/mol. The summed E-state index contributed by atoms with van der Waals surface area (Å²) in [6.07, 6.45) is 1.69. The largest absolute Gasteiger partial charge is 0.497 e. The van der Waals surface area contributed by atoms with Crippen molar-refractivity contribution >= 4 is 17.5 Å². The summed E-state index contributed by atoms with van der Waals surface area (Å²) < 4.78 is 15.8. The highest BCUT2D eigenvalue weighted by Gasteiger charge is 2.23. The second kappa shape index (κ2) is 7.49.